The zero-order valence-electron chi connectivity index (χ0n) is 41.1. The fraction of sp³-hybridized carbons (Fsp3) is 0.415. The van der Waals surface area contributed by atoms with Gasteiger partial charge in [-0.2, -0.15) is 0 Å². The van der Waals surface area contributed by atoms with E-state index in [9.17, 15) is 24.3 Å². The van der Waals surface area contributed by atoms with Crippen molar-refractivity contribution in [1.29, 1.82) is 0 Å². The number of rotatable bonds is 21. The van der Waals surface area contributed by atoms with Crippen molar-refractivity contribution in [3.05, 3.63) is 138 Å². The van der Waals surface area contributed by atoms with Crippen LogP contribution in [0.3, 0.4) is 0 Å². The van der Waals surface area contributed by atoms with Crippen molar-refractivity contribution in [2.45, 2.75) is 117 Å². The molecule has 16 nitrogen and oxygen atoms in total. The van der Waals surface area contributed by atoms with Gasteiger partial charge in [-0.3, -0.25) is 24.1 Å². The van der Waals surface area contributed by atoms with Gasteiger partial charge in [-0.15, -0.1) is 0 Å². The van der Waals surface area contributed by atoms with Gasteiger partial charge in [0.15, 0.2) is 0 Å². The molecule has 5 amide bonds. The van der Waals surface area contributed by atoms with Crippen LogP contribution >= 0.6 is 0 Å². The van der Waals surface area contributed by atoms with Crippen molar-refractivity contribution in [2.75, 3.05) is 6.54 Å². The monoisotopic (exact) mass is 981 g/mol. The first-order valence-electron chi connectivity index (χ1n) is 23.5. The molecule has 5 rings (SSSR count). The molecule has 0 radical (unpaired) electrons. The predicted octanol–water partition coefficient (Wildman–Crippen LogP) is 6.70. The molecule has 0 bridgehead atoms. The van der Waals surface area contributed by atoms with Crippen LogP contribution in [0.2, 0.25) is 0 Å². The Morgan fingerprint density at radius 3 is 2.01 bits per heavy atom. The number of carbonyl (C=O) groups is 6. The second-order valence-corrected chi connectivity index (χ2v) is 19.2. The number of aliphatic hydroxyl groups is 1. The third-order valence-corrected chi connectivity index (χ3v) is 11.5. The number of fused-ring (bicyclic) bond motifs is 1. The standard InChI is InChI=1S/C53H65F2N7O9/c1-33(2)25-43(45(63)53(54,55)31-56)62(49(67)44(34(3)4)47(65)57-28-35-17-10-8-11-18-35)48(66)42(27-39-29-61(32-58-39)51(69)71-52(5,6)7)59-46(64)41(60-50(68)70-30-36-19-12-9-13-20-36)26-38-23-16-22-37-21-14-15-24-40(37)38/h8-24,29,32-34,41-45,63H,25-28,30-31,56H2,1-7H3,(H,57,65)(H,59,64)(H,60,68)/t41-,42-,43?,44?,45?/m0/s1. The lowest BCUT2D eigenvalue weighted by atomic mass is 9.88. The van der Waals surface area contributed by atoms with E-state index in [1.54, 1.807) is 121 Å². The van der Waals surface area contributed by atoms with E-state index in [0.717, 1.165) is 21.7 Å². The van der Waals surface area contributed by atoms with E-state index in [0.29, 0.717) is 21.6 Å². The maximum Gasteiger partial charge on any atom is 0.419 e. The minimum absolute atomic E-state index is 0.00278. The topological polar surface area (TPSA) is 224 Å². The van der Waals surface area contributed by atoms with Crippen LogP contribution in [0.25, 0.3) is 10.8 Å². The van der Waals surface area contributed by atoms with Gasteiger partial charge in [0, 0.05) is 25.6 Å². The molecule has 5 atom stereocenters. The highest BCUT2D eigenvalue weighted by atomic mass is 19.3. The molecule has 0 aliphatic rings. The summed E-state index contributed by atoms with van der Waals surface area (Å²) in [5, 5.41) is 21.1. The van der Waals surface area contributed by atoms with Gasteiger partial charge in [0.1, 0.15) is 42.6 Å². The van der Waals surface area contributed by atoms with Crippen LogP contribution in [-0.4, -0.2) is 97.7 Å². The maximum atomic E-state index is 15.7. The second-order valence-electron chi connectivity index (χ2n) is 19.2. The SMILES string of the molecule is CC(C)CC(C(O)C(F)(F)CN)N(C(=O)C(C(=O)NCc1ccccc1)C(C)C)C(=O)[C@H](Cc1cn(C(=O)OC(C)(C)C)cn1)NC(=O)[C@H](Cc1cccc2ccccc12)NC(=O)OCc1ccccc1. The largest absolute Gasteiger partial charge is 0.445 e. The Hall–Kier alpha value is -7.05. The van der Waals surface area contributed by atoms with Gasteiger partial charge in [0.25, 0.3) is 11.8 Å². The normalized spacial score (nSPS) is 13.9. The number of imide groups is 1. The Morgan fingerprint density at radius 2 is 1.39 bits per heavy atom. The summed E-state index contributed by atoms with van der Waals surface area (Å²) in [7, 11) is 0. The molecule has 0 saturated heterocycles. The number of nitrogens with one attached hydrogen (secondary N) is 3. The predicted molar refractivity (Wildman–Crippen MR) is 262 cm³/mol. The molecule has 1 heterocycles. The van der Waals surface area contributed by atoms with Crippen LogP contribution in [0, 0.1) is 17.8 Å². The van der Waals surface area contributed by atoms with E-state index in [1.807, 2.05) is 30.3 Å². The van der Waals surface area contributed by atoms with Gasteiger partial charge in [0.2, 0.25) is 17.7 Å². The van der Waals surface area contributed by atoms with Crippen molar-refractivity contribution in [3.8, 4) is 0 Å². The first kappa shape index (κ1) is 54.9. The lowest BCUT2D eigenvalue weighted by Crippen LogP contribution is -2.64. The summed E-state index contributed by atoms with van der Waals surface area (Å²) in [5.41, 5.74) is 6.53. The summed E-state index contributed by atoms with van der Waals surface area (Å²) in [4.78, 5) is 91.3. The van der Waals surface area contributed by atoms with Gasteiger partial charge in [-0.25, -0.2) is 27.9 Å². The molecule has 0 spiro atoms. The zero-order valence-corrected chi connectivity index (χ0v) is 41.1. The number of hydrogen-bond donors (Lipinski definition) is 5. The molecule has 71 heavy (non-hydrogen) atoms. The van der Waals surface area contributed by atoms with Gasteiger partial charge in [0.05, 0.1) is 18.3 Å². The summed E-state index contributed by atoms with van der Waals surface area (Å²) in [6.45, 7) is 9.75. The number of imidazole rings is 1. The maximum absolute atomic E-state index is 15.7. The quantitative estimate of drug-likeness (QED) is 0.0487. The molecule has 0 saturated carbocycles. The van der Waals surface area contributed by atoms with Crippen LogP contribution in [0.4, 0.5) is 18.4 Å². The van der Waals surface area contributed by atoms with E-state index < -0.39 is 109 Å². The summed E-state index contributed by atoms with van der Waals surface area (Å²) in [5.74, 6) is -11.5. The first-order chi connectivity index (χ1) is 33.6. The van der Waals surface area contributed by atoms with Gasteiger partial charge >= 0.3 is 12.2 Å². The molecule has 0 aliphatic heterocycles. The molecule has 3 unspecified atom stereocenters. The average Bonchev–Trinajstić information content (AvgIpc) is 3.80. The molecule has 18 heteroatoms. The van der Waals surface area contributed by atoms with E-state index in [4.69, 9.17) is 15.2 Å². The van der Waals surface area contributed by atoms with Crippen molar-refractivity contribution in [2.24, 2.45) is 23.5 Å². The smallest absolute Gasteiger partial charge is 0.419 e. The molecule has 6 N–H and O–H groups in total. The van der Waals surface area contributed by atoms with Crippen molar-refractivity contribution in [1.82, 2.24) is 30.4 Å². The van der Waals surface area contributed by atoms with E-state index >= 15 is 18.4 Å². The second kappa shape index (κ2) is 24.7. The Balaban J connectivity index is 1.63. The van der Waals surface area contributed by atoms with Gasteiger partial charge in [-0.05, 0) is 66.5 Å². The summed E-state index contributed by atoms with van der Waals surface area (Å²) < 4.78 is 43.5. The van der Waals surface area contributed by atoms with E-state index in [-0.39, 0.29) is 25.3 Å². The number of benzene rings is 4. The highest BCUT2D eigenvalue weighted by molar-refractivity contribution is 6.08. The summed E-state index contributed by atoms with van der Waals surface area (Å²) in [6, 6.07) is 25.0. The third kappa shape index (κ3) is 15.5. The third-order valence-electron chi connectivity index (χ3n) is 11.5. The number of aliphatic hydroxyl groups excluding tert-OH is 1. The highest BCUT2D eigenvalue weighted by Crippen LogP contribution is 2.30. The number of alkyl carbamates (subject to hydrolysis) is 1. The zero-order chi connectivity index (χ0) is 52.0. The minimum atomic E-state index is -4.06. The number of nitrogens with two attached hydrogens (primary N) is 1. The number of amides is 5. The fourth-order valence-electron chi connectivity index (χ4n) is 7.98. The lowest BCUT2D eigenvalue weighted by Gasteiger charge is -2.40. The number of halogens is 2. The molecule has 380 valence electrons. The van der Waals surface area contributed by atoms with Gasteiger partial charge < -0.3 is 36.3 Å². The minimum Gasteiger partial charge on any atom is -0.445 e. The van der Waals surface area contributed by atoms with E-state index in [1.165, 1.54) is 6.20 Å². The van der Waals surface area contributed by atoms with Crippen LogP contribution in [0.1, 0.15) is 77.3 Å². The molecular formula is C53H65F2N7O9. The molecule has 1 aromatic heterocycles. The Morgan fingerprint density at radius 1 is 0.775 bits per heavy atom. The van der Waals surface area contributed by atoms with Crippen LogP contribution in [-0.2, 0) is 54.6 Å². The molecular weight excluding hydrogens is 917 g/mol. The molecule has 0 aliphatic carbocycles. The number of aromatic nitrogens is 2. The van der Waals surface area contributed by atoms with Crippen molar-refractivity contribution >= 4 is 46.6 Å². The number of ether oxygens (including phenoxy) is 2. The molecule has 4 aromatic carbocycles. The van der Waals surface area contributed by atoms with Crippen LogP contribution in [0.5, 0.6) is 0 Å². The summed E-state index contributed by atoms with van der Waals surface area (Å²) in [6.07, 6.45) is -3.34. The fourth-order valence-corrected chi connectivity index (χ4v) is 7.98. The Labute approximate surface area is 412 Å². The van der Waals surface area contributed by atoms with Crippen molar-refractivity contribution in [3.63, 3.8) is 0 Å². The Bertz CT molecular complexity index is 2600. The average molecular weight is 982 g/mol. The van der Waals surface area contributed by atoms with Crippen molar-refractivity contribution < 1.29 is 52.1 Å². The number of alkyl halides is 2. The molecule has 5 aromatic rings. The number of carbonyl (C=O) groups excluding carboxylic acids is 6. The molecule has 0 fully saturated rings. The first-order valence-corrected chi connectivity index (χ1v) is 23.5. The lowest BCUT2D eigenvalue weighted by molar-refractivity contribution is -0.170. The van der Waals surface area contributed by atoms with Crippen LogP contribution in [0.15, 0.2) is 116 Å². The highest BCUT2D eigenvalue weighted by Gasteiger charge is 2.50. The van der Waals surface area contributed by atoms with E-state index in [2.05, 4.69) is 20.9 Å². The number of nitrogens with zero attached hydrogens (tertiary/aromatic N) is 3. The number of hydrogen-bond acceptors (Lipinski definition) is 11. The Kier molecular flexibility index (Phi) is 19.1. The van der Waals surface area contributed by atoms with Crippen LogP contribution < -0.4 is 21.7 Å². The summed E-state index contributed by atoms with van der Waals surface area (Å²) >= 11 is 0. The van der Waals surface area contributed by atoms with Gasteiger partial charge in [-0.1, -0.05) is 131 Å².